The van der Waals surface area contributed by atoms with Crippen LogP contribution in [0.25, 0.3) is 0 Å². The van der Waals surface area contributed by atoms with Crippen molar-refractivity contribution in [3.8, 4) is 0 Å². The van der Waals surface area contributed by atoms with Crippen molar-refractivity contribution in [1.82, 2.24) is 5.32 Å². The SMILES string of the molecule is NC(=O)[C@H](CS)NC(=O)[C@H](N)CS. The second-order valence-electron chi connectivity index (χ2n) is 2.44. The third kappa shape index (κ3) is 4.39. The average Bonchev–Trinajstić information content (AvgIpc) is 2.11. The number of nitrogens with two attached hydrogens (primary N) is 2. The van der Waals surface area contributed by atoms with Crippen LogP contribution in [0.3, 0.4) is 0 Å². The lowest BCUT2D eigenvalue weighted by Gasteiger charge is -2.15. The van der Waals surface area contributed by atoms with Gasteiger partial charge in [0.15, 0.2) is 0 Å². The monoisotopic (exact) mass is 223 g/mol. The second-order valence-corrected chi connectivity index (χ2v) is 3.17. The molecule has 0 aliphatic carbocycles. The van der Waals surface area contributed by atoms with E-state index in [1.54, 1.807) is 0 Å². The minimum atomic E-state index is -0.776. The van der Waals surface area contributed by atoms with Gasteiger partial charge in [-0.15, -0.1) is 0 Å². The van der Waals surface area contributed by atoms with E-state index in [-0.39, 0.29) is 11.5 Å². The molecule has 0 aromatic rings. The van der Waals surface area contributed by atoms with Crippen LogP contribution in [-0.4, -0.2) is 35.4 Å². The lowest BCUT2D eigenvalue weighted by molar-refractivity contribution is -0.127. The Bertz CT molecular complexity index is 200. The van der Waals surface area contributed by atoms with Gasteiger partial charge in [0, 0.05) is 11.5 Å². The van der Waals surface area contributed by atoms with Gasteiger partial charge in [0.25, 0.3) is 0 Å². The first-order valence-electron chi connectivity index (χ1n) is 3.60. The van der Waals surface area contributed by atoms with Crippen molar-refractivity contribution in [2.24, 2.45) is 11.5 Å². The van der Waals surface area contributed by atoms with Crippen molar-refractivity contribution in [3.63, 3.8) is 0 Å². The summed E-state index contributed by atoms with van der Waals surface area (Å²) in [4.78, 5) is 21.8. The first-order valence-corrected chi connectivity index (χ1v) is 4.86. The zero-order valence-electron chi connectivity index (χ0n) is 6.93. The van der Waals surface area contributed by atoms with Crippen molar-refractivity contribution in [3.05, 3.63) is 0 Å². The summed E-state index contributed by atoms with van der Waals surface area (Å²) in [5.41, 5.74) is 10.3. The molecular weight excluding hydrogens is 210 g/mol. The van der Waals surface area contributed by atoms with Crippen LogP contribution in [-0.2, 0) is 9.59 Å². The van der Waals surface area contributed by atoms with Crippen LogP contribution in [0.5, 0.6) is 0 Å². The normalized spacial score (nSPS) is 14.7. The predicted octanol–water partition coefficient (Wildman–Crippen LogP) is -1.86. The summed E-state index contributed by atoms with van der Waals surface area (Å²) in [6.45, 7) is 0. The Kier molecular flexibility index (Phi) is 5.93. The molecule has 0 aliphatic heterocycles. The Morgan fingerprint density at radius 2 is 1.85 bits per heavy atom. The lowest BCUT2D eigenvalue weighted by atomic mass is 10.2. The van der Waals surface area contributed by atoms with Gasteiger partial charge in [-0.05, 0) is 0 Å². The standard InChI is InChI=1S/C6H13N3O2S2/c7-3(1-12)6(11)9-4(2-13)5(8)10/h3-4,12-13H,1-2,7H2,(H2,8,10)(H,9,11)/t3-,4+/m1/s1. The number of hydrogen-bond acceptors (Lipinski definition) is 5. The van der Waals surface area contributed by atoms with Crippen molar-refractivity contribution in [2.45, 2.75) is 12.1 Å². The Morgan fingerprint density at radius 3 is 2.15 bits per heavy atom. The largest absolute Gasteiger partial charge is 0.368 e. The summed E-state index contributed by atoms with van der Waals surface area (Å²) in [5, 5.41) is 2.35. The molecule has 76 valence electrons. The second kappa shape index (κ2) is 6.11. The molecule has 5 N–H and O–H groups in total. The Labute approximate surface area is 87.4 Å². The molecule has 2 amide bonds. The molecule has 0 bridgehead atoms. The van der Waals surface area contributed by atoms with Gasteiger partial charge in [-0.3, -0.25) is 9.59 Å². The highest BCUT2D eigenvalue weighted by atomic mass is 32.1. The molecule has 0 aromatic heterocycles. The third-order valence-electron chi connectivity index (χ3n) is 1.38. The van der Waals surface area contributed by atoms with E-state index in [2.05, 4.69) is 30.6 Å². The van der Waals surface area contributed by atoms with Crippen LogP contribution in [0.15, 0.2) is 0 Å². The molecular formula is C6H13N3O2S2. The number of hydrogen-bond donors (Lipinski definition) is 5. The minimum absolute atomic E-state index is 0.153. The molecule has 5 nitrogen and oxygen atoms in total. The lowest BCUT2D eigenvalue weighted by Crippen LogP contribution is -2.51. The fourth-order valence-electron chi connectivity index (χ4n) is 0.568. The highest BCUT2D eigenvalue weighted by Gasteiger charge is 2.19. The fourth-order valence-corrected chi connectivity index (χ4v) is 1.01. The van der Waals surface area contributed by atoms with Gasteiger partial charge in [0.2, 0.25) is 11.8 Å². The minimum Gasteiger partial charge on any atom is -0.368 e. The number of amides is 2. The Balaban J connectivity index is 4.09. The van der Waals surface area contributed by atoms with Crippen molar-refractivity contribution in [2.75, 3.05) is 11.5 Å². The quantitative estimate of drug-likeness (QED) is 0.354. The molecule has 2 atom stereocenters. The van der Waals surface area contributed by atoms with E-state index < -0.39 is 23.9 Å². The van der Waals surface area contributed by atoms with Crippen LogP contribution in [0, 0.1) is 0 Å². The first kappa shape index (κ1) is 12.6. The number of carbonyl (C=O) groups excluding carboxylic acids is 2. The zero-order chi connectivity index (χ0) is 10.4. The number of carbonyl (C=O) groups is 2. The van der Waals surface area contributed by atoms with E-state index in [0.717, 1.165) is 0 Å². The average molecular weight is 223 g/mol. The van der Waals surface area contributed by atoms with Crippen LogP contribution in [0.1, 0.15) is 0 Å². The summed E-state index contributed by atoms with van der Waals surface area (Å²) in [6, 6.07) is -1.51. The topological polar surface area (TPSA) is 98.2 Å². The van der Waals surface area contributed by atoms with Gasteiger partial charge >= 0.3 is 0 Å². The molecule has 0 aliphatic rings. The first-order chi connectivity index (χ1) is 6.02. The van der Waals surface area contributed by atoms with E-state index in [4.69, 9.17) is 11.5 Å². The maximum Gasteiger partial charge on any atom is 0.240 e. The van der Waals surface area contributed by atoms with Crippen molar-refractivity contribution < 1.29 is 9.59 Å². The summed E-state index contributed by atoms with van der Waals surface area (Å²) >= 11 is 7.69. The number of rotatable bonds is 5. The third-order valence-corrected chi connectivity index (χ3v) is 2.13. The van der Waals surface area contributed by atoms with Gasteiger partial charge in [-0.2, -0.15) is 25.3 Å². The molecule has 0 radical (unpaired) electrons. The molecule has 0 heterocycles. The van der Waals surface area contributed by atoms with Crippen LogP contribution in [0.4, 0.5) is 0 Å². The van der Waals surface area contributed by atoms with Gasteiger partial charge in [0.1, 0.15) is 6.04 Å². The summed E-state index contributed by atoms with van der Waals surface area (Å²) < 4.78 is 0. The highest BCUT2D eigenvalue weighted by molar-refractivity contribution is 7.80. The summed E-state index contributed by atoms with van der Waals surface area (Å²) in [7, 11) is 0. The van der Waals surface area contributed by atoms with Crippen molar-refractivity contribution in [1.29, 1.82) is 0 Å². The molecule has 0 spiro atoms. The van der Waals surface area contributed by atoms with E-state index in [9.17, 15) is 9.59 Å². The Morgan fingerprint density at radius 1 is 1.31 bits per heavy atom. The molecule has 7 heteroatoms. The molecule has 0 rings (SSSR count). The molecule has 0 fully saturated rings. The van der Waals surface area contributed by atoms with Gasteiger partial charge in [-0.1, -0.05) is 0 Å². The molecule has 0 aromatic carbocycles. The number of thiol groups is 2. The summed E-state index contributed by atoms with van der Waals surface area (Å²) in [5.74, 6) is -0.716. The maximum absolute atomic E-state index is 11.1. The van der Waals surface area contributed by atoms with Crippen molar-refractivity contribution >= 4 is 37.1 Å². The molecule has 13 heavy (non-hydrogen) atoms. The van der Waals surface area contributed by atoms with Crippen LogP contribution >= 0.6 is 25.3 Å². The zero-order valence-corrected chi connectivity index (χ0v) is 8.72. The van der Waals surface area contributed by atoms with E-state index >= 15 is 0 Å². The molecule has 0 saturated heterocycles. The van der Waals surface area contributed by atoms with E-state index in [1.807, 2.05) is 0 Å². The van der Waals surface area contributed by atoms with Gasteiger partial charge in [0.05, 0.1) is 6.04 Å². The molecule has 0 unspecified atom stereocenters. The van der Waals surface area contributed by atoms with Gasteiger partial charge < -0.3 is 16.8 Å². The van der Waals surface area contributed by atoms with Crippen LogP contribution in [0.2, 0.25) is 0 Å². The fraction of sp³-hybridized carbons (Fsp3) is 0.667. The number of primary amides is 1. The predicted molar refractivity (Wildman–Crippen MR) is 56.8 cm³/mol. The number of nitrogens with one attached hydrogen (secondary N) is 1. The van der Waals surface area contributed by atoms with Gasteiger partial charge in [-0.25, -0.2) is 0 Å². The van der Waals surface area contributed by atoms with E-state index in [0.29, 0.717) is 0 Å². The summed E-state index contributed by atoms with van der Waals surface area (Å²) in [6.07, 6.45) is 0. The molecule has 0 saturated carbocycles. The maximum atomic E-state index is 11.1. The Hall–Kier alpha value is -0.400. The van der Waals surface area contributed by atoms with E-state index in [1.165, 1.54) is 0 Å². The van der Waals surface area contributed by atoms with Crippen LogP contribution < -0.4 is 16.8 Å². The smallest absolute Gasteiger partial charge is 0.240 e. The highest BCUT2D eigenvalue weighted by Crippen LogP contribution is 1.90.